The highest BCUT2D eigenvalue weighted by atomic mass is 35.5. The number of alkyl halides is 3. The molecule has 0 atom stereocenters. The molecule has 0 unspecified atom stereocenters. The maximum absolute atomic E-state index is 12.7. The predicted molar refractivity (Wildman–Crippen MR) is 76.2 cm³/mol. The topological polar surface area (TPSA) is 25.8 Å². The normalized spacial score (nSPS) is 12.5. The number of benzene rings is 1. The average Bonchev–Trinajstić information content (AvgIpc) is 2.36. The van der Waals surface area contributed by atoms with Crippen LogP contribution in [0.5, 0.6) is 0 Å². The Morgan fingerprint density at radius 1 is 0.952 bits per heavy atom. The molecule has 21 heavy (non-hydrogen) atoms. The molecule has 0 aliphatic heterocycles. The van der Waals surface area contributed by atoms with Gasteiger partial charge in [0.25, 0.3) is 0 Å². The van der Waals surface area contributed by atoms with Crippen LogP contribution in [0.15, 0.2) is 30.3 Å². The van der Waals surface area contributed by atoms with Crippen LogP contribution in [0.2, 0.25) is 5.15 Å². The molecule has 1 aromatic carbocycles. The Hall–Kier alpha value is -1.62. The molecular formula is C15H14ClF3N2. The van der Waals surface area contributed by atoms with Crippen LogP contribution in [0.25, 0.3) is 11.3 Å². The standard InChI is InChI=1S/C15H14ClF3N2/c1-14(2,3)10-6-4-9(5-7-10)11-8-12(16)21-13(20-11)15(17,18)19/h4-8H,1-3H3. The second-order valence-electron chi connectivity index (χ2n) is 5.72. The largest absolute Gasteiger partial charge is 0.451 e. The molecule has 2 rings (SSSR count). The van der Waals surface area contributed by atoms with Crippen molar-refractivity contribution in [3.8, 4) is 11.3 Å². The van der Waals surface area contributed by atoms with Gasteiger partial charge in [-0.3, -0.25) is 0 Å². The minimum atomic E-state index is -4.62. The zero-order valence-electron chi connectivity index (χ0n) is 11.8. The molecule has 0 saturated heterocycles. The Bertz CT molecular complexity index is 643. The molecule has 0 radical (unpaired) electrons. The van der Waals surface area contributed by atoms with Gasteiger partial charge in [0.15, 0.2) is 0 Å². The van der Waals surface area contributed by atoms with E-state index in [0.29, 0.717) is 5.56 Å². The Morgan fingerprint density at radius 3 is 2.00 bits per heavy atom. The van der Waals surface area contributed by atoms with Crippen molar-refractivity contribution in [2.24, 2.45) is 0 Å². The van der Waals surface area contributed by atoms with Crippen LogP contribution < -0.4 is 0 Å². The Morgan fingerprint density at radius 2 is 1.52 bits per heavy atom. The summed E-state index contributed by atoms with van der Waals surface area (Å²) in [6.07, 6.45) is -4.62. The minimum Gasteiger partial charge on any atom is -0.224 e. The molecule has 112 valence electrons. The lowest BCUT2D eigenvalue weighted by molar-refractivity contribution is -0.144. The average molecular weight is 315 g/mol. The quantitative estimate of drug-likeness (QED) is 0.683. The molecule has 6 heteroatoms. The van der Waals surface area contributed by atoms with Gasteiger partial charge in [0.05, 0.1) is 5.69 Å². The molecule has 0 amide bonds. The molecule has 0 spiro atoms. The van der Waals surface area contributed by atoms with Crippen molar-refractivity contribution in [1.29, 1.82) is 0 Å². The third kappa shape index (κ3) is 3.73. The number of hydrogen-bond acceptors (Lipinski definition) is 2. The number of hydrogen-bond donors (Lipinski definition) is 0. The smallest absolute Gasteiger partial charge is 0.224 e. The third-order valence-electron chi connectivity index (χ3n) is 3.00. The fraction of sp³-hybridized carbons (Fsp3) is 0.333. The van der Waals surface area contributed by atoms with Crippen LogP contribution in [0.4, 0.5) is 13.2 Å². The highest BCUT2D eigenvalue weighted by molar-refractivity contribution is 6.29. The molecule has 2 nitrogen and oxygen atoms in total. The van der Waals surface area contributed by atoms with Crippen molar-refractivity contribution in [3.63, 3.8) is 0 Å². The van der Waals surface area contributed by atoms with Crippen molar-refractivity contribution in [2.45, 2.75) is 32.4 Å². The zero-order valence-corrected chi connectivity index (χ0v) is 12.5. The fourth-order valence-electron chi connectivity index (χ4n) is 1.83. The van der Waals surface area contributed by atoms with Gasteiger partial charge in [0, 0.05) is 11.6 Å². The van der Waals surface area contributed by atoms with Crippen molar-refractivity contribution >= 4 is 11.6 Å². The van der Waals surface area contributed by atoms with E-state index in [1.165, 1.54) is 6.07 Å². The van der Waals surface area contributed by atoms with Crippen LogP contribution in [0.1, 0.15) is 32.2 Å². The highest BCUT2D eigenvalue weighted by Gasteiger charge is 2.35. The third-order valence-corrected chi connectivity index (χ3v) is 3.19. The summed E-state index contributed by atoms with van der Waals surface area (Å²) in [5, 5.41) is -0.229. The molecule has 1 heterocycles. The second-order valence-corrected chi connectivity index (χ2v) is 6.11. The SMILES string of the molecule is CC(C)(C)c1ccc(-c2cc(Cl)nc(C(F)(F)F)n2)cc1. The van der Waals surface area contributed by atoms with Crippen LogP contribution in [-0.4, -0.2) is 9.97 Å². The molecule has 0 saturated carbocycles. The predicted octanol–water partition coefficient (Wildman–Crippen LogP) is 5.11. The molecule has 0 bridgehead atoms. The summed E-state index contributed by atoms with van der Waals surface area (Å²) in [4.78, 5) is 6.76. The van der Waals surface area contributed by atoms with Gasteiger partial charge in [0.2, 0.25) is 5.82 Å². The van der Waals surface area contributed by atoms with E-state index in [9.17, 15) is 13.2 Å². The first-order chi connectivity index (χ1) is 9.57. The lowest BCUT2D eigenvalue weighted by Crippen LogP contribution is -2.12. The summed E-state index contributed by atoms with van der Waals surface area (Å²) < 4.78 is 38.1. The van der Waals surface area contributed by atoms with E-state index in [1.807, 2.05) is 12.1 Å². The van der Waals surface area contributed by atoms with Crippen LogP contribution in [0.3, 0.4) is 0 Å². The van der Waals surface area contributed by atoms with E-state index in [4.69, 9.17) is 11.6 Å². The maximum Gasteiger partial charge on any atom is 0.451 e. The zero-order chi connectivity index (χ0) is 15.8. The van der Waals surface area contributed by atoms with Gasteiger partial charge in [-0.1, -0.05) is 56.6 Å². The van der Waals surface area contributed by atoms with E-state index >= 15 is 0 Å². The number of halogens is 4. The lowest BCUT2D eigenvalue weighted by Gasteiger charge is -2.19. The van der Waals surface area contributed by atoms with E-state index in [0.717, 1.165) is 5.56 Å². The van der Waals surface area contributed by atoms with E-state index < -0.39 is 12.0 Å². The van der Waals surface area contributed by atoms with Crippen molar-refractivity contribution in [2.75, 3.05) is 0 Å². The molecule has 2 aromatic rings. The summed E-state index contributed by atoms with van der Waals surface area (Å²) in [7, 11) is 0. The van der Waals surface area contributed by atoms with Crippen LogP contribution >= 0.6 is 11.6 Å². The summed E-state index contributed by atoms with van der Waals surface area (Å²) in [5.74, 6) is -1.23. The Kier molecular flexibility index (Phi) is 3.97. The van der Waals surface area contributed by atoms with E-state index in [1.54, 1.807) is 12.1 Å². The maximum atomic E-state index is 12.7. The highest BCUT2D eigenvalue weighted by Crippen LogP contribution is 2.30. The second kappa shape index (κ2) is 5.30. The van der Waals surface area contributed by atoms with Crippen molar-refractivity contribution in [1.82, 2.24) is 9.97 Å². The summed E-state index contributed by atoms with van der Waals surface area (Å²) >= 11 is 5.66. The van der Waals surface area contributed by atoms with Crippen molar-refractivity contribution < 1.29 is 13.2 Å². The van der Waals surface area contributed by atoms with Gasteiger partial charge in [-0.05, 0) is 11.0 Å². The molecule has 0 aliphatic rings. The first kappa shape index (κ1) is 15.8. The van der Waals surface area contributed by atoms with Crippen molar-refractivity contribution in [3.05, 3.63) is 46.9 Å². The molecular weight excluding hydrogens is 301 g/mol. The van der Waals surface area contributed by atoms with Crippen LogP contribution in [0, 0.1) is 0 Å². The van der Waals surface area contributed by atoms with Gasteiger partial charge in [0.1, 0.15) is 5.15 Å². The monoisotopic (exact) mass is 314 g/mol. The first-order valence-corrected chi connectivity index (χ1v) is 6.68. The van der Waals surface area contributed by atoms with Gasteiger partial charge >= 0.3 is 6.18 Å². The molecule has 1 aromatic heterocycles. The first-order valence-electron chi connectivity index (χ1n) is 6.30. The van der Waals surface area contributed by atoms with Gasteiger partial charge in [-0.15, -0.1) is 0 Å². The molecule has 0 aliphatic carbocycles. The molecule has 0 N–H and O–H groups in total. The van der Waals surface area contributed by atoms with E-state index in [-0.39, 0.29) is 16.3 Å². The Labute approximate surface area is 126 Å². The Balaban J connectivity index is 2.45. The summed E-state index contributed by atoms with van der Waals surface area (Å²) in [5.41, 5.74) is 1.78. The molecule has 0 fully saturated rings. The van der Waals surface area contributed by atoms with Gasteiger partial charge in [-0.2, -0.15) is 13.2 Å². The number of aromatic nitrogens is 2. The van der Waals surface area contributed by atoms with Crippen LogP contribution in [-0.2, 0) is 11.6 Å². The van der Waals surface area contributed by atoms with Gasteiger partial charge in [-0.25, -0.2) is 9.97 Å². The summed E-state index contributed by atoms with van der Waals surface area (Å²) in [6, 6.07) is 8.54. The fourth-order valence-corrected chi connectivity index (χ4v) is 2.02. The number of rotatable bonds is 1. The lowest BCUT2D eigenvalue weighted by atomic mass is 9.86. The van der Waals surface area contributed by atoms with Gasteiger partial charge < -0.3 is 0 Å². The van der Waals surface area contributed by atoms with E-state index in [2.05, 4.69) is 30.7 Å². The number of nitrogens with zero attached hydrogens (tertiary/aromatic N) is 2. The summed E-state index contributed by atoms with van der Waals surface area (Å²) in [6.45, 7) is 6.18. The minimum absolute atomic E-state index is 0.0288.